The van der Waals surface area contributed by atoms with E-state index in [1.165, 1.54) is 4.21 Å². The molecule has 0 unspecified atom stereocenters. The van der Waals surface area contributed by atoms with Crippen LogP contribution in [-0.2, 0) is 0 Å². The van der Waals surface area contributed by atoms with Crippen molar-refractivity contribution in [3.05, 3.63) is 17.5 Å². The second-order valence-corrected chi connectivity index (χ2v) is 4.42. The topological polar surface area (TPSA) is 0 Å². The van der Waals surface area contributed by atoms with Crippen LogP contribution in [0.4, 0.5) is 0 Å². The van der Waals surface area contributed by atoms with Gasteiger partial charge in [-0.2, -0.15) is 0 Å². The number of rotatable bonds is 1. The molecule has 0 aliphatic heterocycles. The summed E-state index contributed by atoms with van der Waals surface area (Å²) in [5.74, 6) is 0. The molecular weight excluding hydrogens is 240 g/mol. The van der Waals surface area contributed by atoms with Crippen LogP contribution in [0.2, 0.25) is 0 Å². The Kier molecular flexibility index (Phi) is 2.54. The van der Waals surface area contributed by atoms with Crippen molar-refractivity contribution < 1.29 is 0 Å². The van der Waals surface area contributed by atoms with Gasteiger partial charge < -0.3 is 0 Å². The predicted octanol–water partition coefficient (Wildman–Crippen LogP) is 1.66. The minimum absolute atomic E-state index is 1.41. The molecule has 1 aromatic rings. The summed E-state index contributed by atoms with van der Waals surface area (Å²) in [6.07, 6.45) is 0. The van der Waals surface area contributed by atoms with Gasteiger partial charge in [0.05, 0.1) is 0 Å². The van der Waals surface area contributed by atoms with Crippen molar-refractivity contribution in [3.63, 3.8) is 0 Å². The molecule has 0 fully saturated rings. The fraction of sp³-hybridized carbons (Fsp3) is 0. The maximum absolute atomic E-state index is 2.13. The van der Waals surface area contributed by atoms with E-state index in [1.54, 1.807) is 32.3 Å². The Morgan fingerprint density at radius 3 is 2.86 bits per heavy atom. The van der Waals surface area contributed by atoms with Crippen molar-refractivity contribution in [1.29, 1.82) is 0 Å². The van der Waals surface area contributed by atoms with Crippen LogP contribution < -0.4 is 0 Å². The van der Waals surface area contributed by atoms with Gasteiger partial charge in [-0.15, -0.1) is 0 Å². The first-order valence-corrected chi connectivity index (χ1v) is 6.56. The van der Waals surface area contributed by atoms with Crippen molar-refractivity contribution in [2.45, 2.75) is 4.21 Å². The minimum atomic E-state index is 1.41. The van der Waals surface area contributed by atoms with E-state index >= 15 is 0 Å². The van der Waals surface area contributed by atoms with Gasteiger partial charge in [-0.05, 0) is 0 Å². The van der Waals surface area contributed by atoms with Crippen LogP contribution in [0, 0.1) is 0 Å². The summed E-state index contributed by atoms with van der Waals surface area (Å²) >= 11 is 3.57. The molecule has 0 bridgehead atoms. The molecular formula is C4H4S2Te. The molecule has 0 atom stereocenters. The molecule has 0 N–H and O–H groups in total. The third kappa shape index (κ3) is 1.65. The van der Waals surface area contributed by atoms with E-state index in [0.29, 0.717) is 0 Å². The van der Waals surface area contributed by atoms with Crippen molar-refractivity contribution in [2.75, 3.05) is 0 Å². The van der Waals surface area contributed by atoms with E-state index in [-0.39, 0.29) is 0 Å². The zero-order valence-corrected chi connectivity index (χ0v) is 7.68. The monoisotopic (exact) mass is 246 g/mol. The molecule has 1 rings (SSSR count). The Morgan fingerprint density at radius 2 is 2.57 bits per heavy atom. The summed E-state index contributed by atoms with van der Waals surface area (Å²) < 4.78 is 1.41. The summed E-state index contributed by atoms with van der Waals surface area (Å²) in [6.45, 7) is 0. The van der Waals surface area contributed by atoms with Crippen molar-refractivity contribution >= 4 is 41.2 Å². The zero-order chi connectivity index (χ0) is 5.11. The first-order valence-electron chi connectivity index (χ1n) is 1.78. The van der Waals surface area contributed by atoms with E-state index in [4.69, 9.17) is 0 Å². The van der Waals surface area contributed by atoms with Gasteiger partial charge in [-0.3, -0.25) is 0 Å². The van der Waals surface area contributed by atoms with Crippen LogP contribution in [-0.4, -0.2) is 20.9 Å². The third-order valence-corrected chi connectivity index (χ3v) is 4.89. The molecule has 0 aromatic carbocycles. The fourth-order valence-corrected chi connectivity index (χ4v) is 2.87. The van der Waals surface area contributed by atoms with Crippen LogP contribution in [0.1, 0.15) is 0 Å². The van der Waals surface area contributed by atoms with E-state index in [9.17, 15) is 0 Å². The molecule has 0 amide bonds. The first kappa shape index (κ1) is 5.97. The molecule has 0 spiro atoms. The van der Waals surface area contributed by atoms with Gasteiger partial charge in [0.25, 0.3) is 0 Å². The molecule has 1 heterocycles. The Bertz CT molecular complexity index is 124. The van der Waals surface area contributed by atoms with E-state index in [0.717, 1.165) is 0 Å². The van der Waals surface area contributed by atoms with E-state index in [1.807, 2.05) is 8.99 Å². The Morgan fingerprint density at radius 1 is 1.71 bits per heavy atom. The third-order valence-electron chi connectivity index (χ3n) is 0.585. The molecule has 3 heteroatoms. The molecule has 7 heavy (non-hydrogen) atoms. The van der Waals surface area contributed by atoms with Gasteiger partial charge in [0.2, 0.25) is 0 Å². The Labute approximate surface area is 62.7 Å². The van der Waals surface area contributed by atoms with Crippen LogP contribution in [0.3, 0.4) is 0 Å². The summed E-state index contributed by atoms with van der Waals surface area (Å²) in [7, 11) is 1.84. The summed E-state index contributed by atoms with van der Waals surface area (Å²) in [5.41, 5.74) is 0. The van der Waals surface area contributed by atoms with Gasteiger partial charge in [0.1, 0.15) is 0 Å². The van der Waals surface area contributed by atoms with Gasteiger partial charge in [-0.25, -0.2) is 0 Å². The fourth-order valence-electron chi connectivity index (χ4n) is 0.315. The molecule has 1 aromatic heterocycles. The molecule has 38 valence electrons. The van der Waals surface area contributed by atoms with E-state index < -0.39 is 0 Å². The number of hydrogen-bond acceptors (Lipinski definition) is 2. The van der Waals surface area contributed by atoms with Crippen molar-refractivity contribution in [3.8, 4) is 0 Å². The predicted molar refractivity (Wildman–Crippen MR) is 37.3 cm³/mol. The second-order valence-electron chi connectivity index (χ2n) is 1.02. The quantitative estimate of drug-likeness (QED) is 0.676. The molecule has 0 aliphatic carbocycles. The summed E-state index contributed by atoms with van der Waals surface area (Å²) in [5, 5.41) is 2.10. The zero-order valence-electron chi connectivity index (χ0n) is 3.50. The maximum atomic E-state index is 2.13. The van der Waals surface area contributed by atoms with Crippen LogP contribution >= 0.6 is 20.3 Å². The van der Waals surface area contributed by atoms with Gasteiger partial charge >= 0.3 is 63.0 Å². The summed E-state index contributed by atoms with van der Waals surface area (Å²) in [6, 6.07) is 4.21. The van der Waals surface area contributed by atoms with Gasteiger partial charge in [0, 0.05) is 0 Å². The van der Waals surface area contributed by atoms with Gasteiger partial charge in [0.15, 0.2) is 0 Å². The SMILES string of the molecule is [TeH]Sc1cccs1. The Hall–Kier alpha value is 0.840. The first-order chi connectivity index (χ1) is 3.43. The molecule has 0 radical (unpaired) electrons. The standard InChI is InChI=1S/C4H4S2Te/c7-6-4-2-1-3-5-4/h1-3,7H. The number of thiophene rings is 1. The summed E-state index contributed by atoms with van der Waals surface area (Å²) in [4.78, 5) is 0. The second kappa shape index (κ2) is 2.98. The average Bonchev–Trinajstić information content (AvgIpc) is 2.14. The molecule has 0 nitrogen and oxygen atoms in total. The van der Waals surface area contributed by atoms with Crippen LogP contribution in [0.15, 0.2) is 21.7 Å². The van der Waals surface area contributed by atoms with E-state index in [2.05, 4.69) is 17.5 Å². The van der Waals surface area contributed by atoms with Crippen molar-refractivity contribution in [2.24, 2.45) is 0 Å². The molecule has 0 saturated heterocycles. The Balaban J connectivity index is 2.76. The molecule has 0 aliphatic rings. The van der Waals surface area contributed by atoms with Crippen LogP contribution in [0.5, 0.6) is 0 Å². The molecule has 0 saturated carbocycles. The normalized spacial score (nSPS) is 9.29. The van der Waals surface area contributed by atoms with Crippen molar-refractivity contribution in [1.82, 2.24) is 0 Å². The van der Waals surface area contributed by atoms with Crippen LogP contribution in [0.25, 0.3) is 0 Å². The average molecular weight is 244 g/mol. The van der Waals surface area contributed by atoms with Gasteiger partial charge in [-0.1, -0.05) is 0 Å². The number of hydrogen-bond donors (Lipinski definition) is 0.